The van der Waals surface area contributed by atoms with Gasteiger partial charge in [-0.05, 0) is 23.3 Å². The van der Waals surface area contributed by atoms with Gasteiger partial charge >= 0.3 is 5.97 Å². The minimum absolute atomic E-state index is 0. The zero-order chi connectivity index (χ0) is 10.7. The molecule has 0 aliphatic carbocycles. The SMILES string of the molecule is O=C(O)c1ccc(-c2ccccc2)cc1.[AlH3].[AlH3]. The van der Waals surface area contributed by atoms with E-state index in [1.807, 2.05) is 42.5 Å². The number of carbonyl (C=O) groups is 1. The van der Waals surface area contributed by atoms with Gasteiger partial charge in [0, 0.05) is 0 Å². The number of rotatable bonds is 2. The number of aromatic carboxylic acids is 1. The predicted molar refractivity (Wildman–Crippen MR) is 78.7 cm³/mol. The molecule has 0 fully saturated rings. The van der Waals surface area contributed by atoms with Crippen molar-refractivity contribution in [1.82, 2.24) is 0 Å². The molecule has 86 valence electrons. The third-order valence-electron chi connectivity index (χ3n) is 2.24. The van der Waals surface area contributed by atoms with Crippen molar-refractivity contribution < 1.29 is 9.90 Å². The maximum absolute atomic E-state index is 10.6. The van der Waals surface area contributed by atoms with Crippen molar-refractivity contribution in [3.63, 3.8) is 0 Å². The van der Waals surface area contributed by atoms with Gasteiger partial charge in [0.05, 0.1) is 5.56 Å². The molecule has 0 saturated carbocycles. The molecule has 0 spiro atoms. The molecule has 2 aromatic rings. The Morgan fingerprint density at radius 2 is 1.24 bits per heavy atom. The first kappa shape index (κ1) is 16.0. The summed E-state index contributed by atoms with van der Waals surface area (Å²) < 4.78 is 0. The molecule has 2 nitrogen and oxygen atoms in total. The first-order valence-electron chi connectivity index (χ1n) is 4.66. The van der Waals surface area contributed by atoms with Crippen molar-refractivity contribution in [1.29, 1.82) is 0 Å². The first-order chi connectivity index (χ1) is 7.27. The van der Waals surface area contributed by atoms with Crippen molar-refractivity contribution in [2.75, 3.05) is 0 Å². The highest BCUT2D eigenvalue weighted by Gasteiger charge is 2.02. The largest absolute Gasteiger partial charge is 0.478 e. The Kier molecular flexibility index (Phi) is 6.89. The molecule has 0 unspecified atom stereocenters. The zero-order valence-electron chi connectivity index (χ0n) is 8.05. The molecule has 0 bridgehead atoms. The summed E-state index contributed by atoms with van der Waals surface area (Å²) in [5.41, 5.74) is 2.43. The molecule has 4 heteroatoms. The molecule has 0 amide bonds. The van der Waals surface area contributed by atoms with E-state index >= 15 is 0 Å². The molecular formula is C13H16Al2O2. The van der Waals surface area contributed by atoms with Crippen LogP contribution in [0.4, 0.5) is 0 Å². The molecule has 0 saturated heterocycles. The summed E-state index contributed by atoms with van der Waals surface area (Å²) >= 11 is 0. The van der Waals surface area contributed by atoms with Crippen molar-refractivity contribution in [3.8, 4) is 11.1 Å². The van der Waals surface area contributed by atoms with Crippen LogP contribution in [0.2, 0.25) is 0 Å². The quantitative estimate of drug-likeness (QED) is 0.804. The second-order valence-electron chi connectivity index (χ2n) is 3.25. The van der Waals surface area contributed by atoms with Crippen LogP contribution in [0.25, 0.3) is 11.1 Å². The molecule has 17 heavy (non-hydrogen) atoms. The number of hydrogen-bond acceptors (Lipinski definition) is 1. The summed E-state index contributed by atoms with van der Waals surface area (Å²) in [6.45, 7) is 0. The molecule has 0 aromatic heterocycles. The van der Waals surface area contributed by atoms with E-state index in [-0.39, 0.29) is 34.7 Å². The summed E-state index contributed by atoms with van der Waals surface area (Å²) in [6, 6.07) is 16.7. The van der Waals surface area contributed by atoms with E-state index in [0.717, 1.165) is 11.1 Å². The average molecular weight is 258 g/mol. The minimum atomic E-state index is -0.894. The molecule has 0 heterocycles. The summed E-state index contributed by atoms with van der Waals surface area (Å²) in [5, 5.41) is 8.75. The van der Waals surface area contributed by atoms with Gasteiger partial charge in [-0.15, -0.1) is 0 Å². The van der Waals surface area contributed by atoms with Gasteiger partial charge in [-0.3, -0.25) is 0 Å². The van der Waals surface area contributed by atoms with E-state index in [9.17, 15) is 4.79 Å². The minimum Gasteiger partial charge on any atom is -0.478 e. The van der Waals surface area contributed by atoms with Gasteiger partial charge in [-0.2, -0.15) is 0 Å². The highest BCUT2D eigenvalue weighted by Crippen LogP contribution is 2.18. The van der Waals surface area contributed by atoms with Crippen LogP contribution in [-0.4, -0.2) is 45.8 Å². The van der Waals surface area contributed by atoms with Crippen LogP contribution in [0, 0.1) is 0 Å². The number of carboxylic acid groups (broad SMARTS) is 1. The summed E-state index contributed by atoms with van der Waals surface area (Å²) in [4.78, 5) is 10.6. The smallest absolute Gasteiger partial charge is 0.335 e. The zero-order valence-corrected chi connectivity index (χ0v) is 8.05. The average Bonchev–Trinajstić information content (AvgIpc) is 2.30. The van der Waals surface area contributed by atoms with E-state index in [0.29, 0.717) is 5.56 Å². The number of hydrogen-bond donors (Lipinski definition) is 1. The fraction of sp³-hybridized carbons (Fsp3) is 0. The fourth-order valence-corrected chi connectivity index (χ4v) is 1.44. The van der Waals surface area contributed by atoms with Crippen LogP contribution in [0.15, 0.2) is 54.6 Å². The van der Waals surface area contributed by atoms with Crippen LogP contribution >= 0.6 is 0 Å². The monoisotopic (exact) mass is 258 g/mol. The molecule has 1 N–H and O–H groups in total. The molecule has 0 radical (unpaired) electrons. The van der Waals surface area contributed by atoms with Gasteiger partial charge in [0.2, 0.25) is 0 Å². The molecule has 2 aromatic carbocycles. The van der Waals surface area contributed by atoms with Crippen LogP contribution in [0.1, 0.15) is 10.4 Å². The fourth-order valence-electron chi connectivity index (χ4n) is 1.44. The van der Waals surface area contributed by atoms with Gasteiger partial charge in [-0.25, -0.2) is 4.79 Å². The highest BCUT2D eigenvalue weighted by atomic mass is 27.0. The highest BCUT2D eigenvalue weighted by molar-refractivity contribution is 5.88. The first-order valence-corrected chi connectivity index (χ1v) is 4.66. The van der Waals surface area contributed by atoms with Crippen LogP contribution < -0.4 is 0 Å². The molecule has 0 aliphatic rings. The van der Waals surface area contributed by atoms with E-state index in [1.54, 1.807) is 12.1 Å². The van der Waals surface area contributed by atoms with E-state index in [4.69, 9.17) is 5.11 Å². The third-order valence-corrected chi connectivity index (χ3v) is 2.24. The lowest BCUT2D eigenvalue weighted by Crippen LogP contribution is -1.94. The summed E-state index contributed by atoms with van der Waals surface area (Å²) in [7, 11) is 0. The summed E-state index contributed by atoms with van der Waals surface area (Å²) in [6.07, 6.45) is 0. The molecule has 0 aliphatic heterocycles. The molecule has 2 rings (SSSR count). The molecular weight excluding hydrogens is 242 g/mol. The lowest BCUT2D eigenvalue weighted by molar-refractivity contribution is 0.0697. The van der Waals surface area contributed by atoms with Crippen molar-refractivity contribution in [3.05, 3.63) is 60.2 Å². The van der Waals surface area contributed by atoms with Gasteiger partial charge in [0.1, 0.15) is 0 Å². The standard InChI is InChI=1S/C13H10O2.2Al.6H/c14-13(15)12-8-6-11(7-9-12)10-4-2-1-3-5-10;;;;;;;;/h1-9H,(H,14,15);;;;;;;;. The third kappa shape index (κ3) is 4.04. The maximum Gasteiger partial charge on any atom is 0.335 e. The summed E-state index contributed by atoms with van der Waals surface area (Å²) in [5.74, 6) is -0.894. The van der Waals surface area contributed by atoms with Crippen molar-refractivity contribution >= 4 is 40.7 Å². The van der Waals surface area contributed by atoms with Gasteiger partial charge < -0.3 is 5.11 Å². The van der Waals surface area contributed by atoms with Crippen LogP contribution in [-0.2, 0) is 0 Å². The Morgan fingerprint density at radius 1 is 0.765 bits per heavy atom. The predicted octanol–water partition coefficient (Wildman–Crippen LogP) is 0.684. The lowest BCUT2D eigenvalue weighted by Gasteiger charge is -2.01. The van der Waals surface area contributed by atoms with E-state index < -0.39 is 5.97 Å². The van der Waals surface area contributed by atoms with Crippen molar-refractivity contribution in [2.45, 2.75) is 0 Å². The lowest BCUT2D eigenvalue weighted by atomic mass is 10.0. The van der Waals surface area contributed by atoms with E-state index in [1.165, 1.54) is 0 Å². The van der Waals surface area contributed by atoms with Crippen LogP contribution in [0.3, 0.4) is 0 Å². The second-order valence-corrected chi connectivity index (χ2v) is 3.25. The maximum atomic E-state index is 10.6. The Morgan fingerprint density at radius 3 is 1.71 bits per heavy atom. The topological polar surface area (TPSA) is 37.3 Å². The van der Waals surface area contributed by atoms with Gasteiger partial charge in [0.15, 0.2) is 34.7 Å². The molecule has 0 atom stereocenters. The Bertz CT molecular complexity index is 467. The van der Waals surface area contributed by atoms with Crippen LogP contribution in [0.5, 0.6) is 0 Å². The van der Waals surface area contributed by atoms with Crippen molar-refractivity contribution in [2.24, 2.45) is 0 Å². The Hall–Kier alpha value is -1.03. The van der Waals surface area contributed by atoms with Gasteiger partial charge in [-0.1, -0.05) is 42.5 Å². The van der Waals surface area contributed by atoms with E-state index in [2.05, 4.69) is 0 Å². The van der Waals surface area contributed by atoms with Gasteiger partial charge in [0.25, 0.3) is 0 Å². The number of carboxylic acids is 1. The second kappa shape index (κ2) is 7.33. The number of benzene rings is 2. The Labute approximate surface area is 122 Å². The Balaban J connectivity index is 0.00000128. The normalized spacial score (nSPS) is 8.71.